The van der Waals surface area contributed by atoms with E-state index in [-0.39, 0.29) is 31.1 Å². The topological polar surface area (TPSA) is 78.9 Å². The Morgan fingerprint density at radius 1 is 0.208 bits per heavy atom. The molecule has 0 fully saturated rings. The molecule has 0 bridgehead atoms. The molecule has 0 aliphatic carbocycles. The lowest BCUT2D eigenvalue weighted by molar-refractivity contribution is -0.167. The second-order valence-electron chi connectivity index (χ2n) is 24.5. The van der Waals surface area contributed by atoms with E-state index in [9.17, 15) is 14.4 Å². The molecule has 0 amide bonds. The molecule has 0 saturated carbocycles. The van der Waals surface area contributed by atoms with Crippen LogP contribution in [0.3, 0.4) is 0 Å². The first kappa shape index (κ1) is 75.4. The zero-order valence-corrected chi connectivity index (χ0v) is 52.8. The molecule has 0 heterocycles. The summed E-state index contributed by atoms with van der Waals surface area (Å²) in [6.45, 7) is 6.73. The maximum absolute atomic E-state index is 12.9. The highest BCUT2D eigenvalue weighted by atomic mass is 16.6. The number of esters is 3. The first-order valence-electron chi connectivity index (χ1n) is 35.5. The van der Waals surface area contributed by atoms with Gasteiger partial charge in [-0.2, -0.15) is 0 Å². The molecule has 0 aromatic heterocycles. The first-order chi connectivity index (χ1) is 38.0. The van der Waals surface area contributed by atoms with Crippen LogP contribution in [0.2, 0.25) is 0 Å². The van der Waals surface area contributed by atoms with Crippen LogP contribution in [0.1, 0.15) is 419 Å². The molecule has 6 heteroatoms. The Labute approximate surface area is 482 Å². The van der Waals surface area contributed by atoms with E-state index in [0.29, 0.717) is 19.3 Å². The number of hydrogen-bond donors (Lipinski definition) is 0. The first-order valence-corrected chi connectivity index (χ1v) is 35.5. The van der Waals surface area contributed by atoms with Crippen molar-refractivity contribution in [2.24, 2.45) is 0 Å². The van der Waals surface area contributed by atoms with E-state index in [1.54, 1.807) is 0 Å². The van der Waals surface area contributed by atoms with Crippen LogP contribution in [0.25, 0.3) is 0 Å². The molecule has 6 nitrogen and oxygen atoms in total. The molecule has 0 rings (SSSR count). The molecule has 0 N–H and O–H groups in total. The third-order valence-corrected chi connectivity index (χ3v) is 16.6. The summed E-state index contributed by atoms with van der Waals surface area (Å²) in [4.78, 5) is 38.3. The van der Waals surface area contributed by atoms with Gasteiger partial charge in [-0.25, -0.2) is 0 Å². The average molecular weight is 1090 g/mol. The van der Waals surface area contributed by atoms with Crippen molar-refractivity contribution < 1.29 is 28.6 Å². The van der Waals surface area contributed by atoms with Crippen molar-refractivity contribution in [1.29, 1.82) is 0 Å². The van der Waals surface area contributed by atoms with Crippen molar-refractivity contribution in [3.05, 3.63) is 0 Å². The molecule has 0 aliphatic heterocycles. The lowest BCUT2D eigenvalue weighted by Gasteiger charge is -2.18. The fourth-order valence-electron chi connectivity index (χ4n) is 11.3. The molecule has 0 saturated heterocycles. The monoisotopic (exact) mass is 1090 g/mol. The van der Waals surface area contributed by atoms with Crippen molar-refractivity contribution in [2.45, 2.75) is 425 Å². The van der Waals surface area contributed by atoms with Gasteiger partial charge < -0.3 is 14.2 Å². The van der Waals surface area contributed by atoms with Gasteiger partial charge in [0.05, 0.1) is 0 Å². The fraction of sp³-hybridized carbons (Fsp3) is 0.958. The highest BCUT2D eigenvalue weighted by molar-refractivity contribution is 5.71. The van der Waals surface area contributed by atoms with Crippen LogP contribution >= 0.6 is 0 Å². The Hall–Kier alpha value is -1.59. The highest BCUT2D eigenvalue weighted by Gasteiger charge is 2.19. The van der Waals surface area contributed by atoms with Crippen LogP contribution in [-0.4, -0.2) is 37.2 Å². The Kier molecular flexibility index (Phi) is 65.5. The minimum Gasteiger partial charge on any atom is -0.462 e. The molecule has 0 aromatic rings. The molecule has 77 heavy (non-hydrogen) atoms. The quantitative estimate of drug-likeness (QED) is 0.0343. The van der Waals surface area contributed by atoms with Crippen LogP contribution in [0, 0.1) is 0 Å². The van der Waals surface area contributed by atoms with Crippen molar-refractivity contribution >= 4 is 17.9 Å². The molecule has 0 aromatic carbocycles. The van der Waals surface area contributed by atoms with Crippen molar-refractivity contribution in [3.63, 3.8) is 0 Å². The smallest absolute Gasteiger partial charge is 0.306 e. The largest absolute Gasteiger partial charge is 0.462 e. The molecule has 0 spiro atoms. The minimum absolute atomic E-state index is 0.0605. The van der Waals surface area contributed by atoms with Gasteiger partial charge >= 0.3 is 17.9 Å². The third-order valence-electron chi connectivity index (χ3n) is 16.6. The van der Waals surface area contributed by atoms with Gasteiger partial charge in [0.15, 0.2) is 6.10 Å². The number of unbranched alkanes of at least 4 members (excludes halogenated alkanes) is 56. The van der Waals surface area contributed by atoms with Gasteiger partial charge in [0.1, 0.15) is 13.2 Å². The van der Waals surface area contributed by atoms with Gasteiger partial charge in [-0.05, 0) is 19.3 Å². The molecule has 0 aliphatic rings. The maximum Gasteiger partial charge on any atom is 0.306 e. The highest BCUT2D eigenvalue weighted by Crippen LogP contribution is 2.19. The van der Waals surface area contributed by atoms with E-state index in [2.05, 4.69) is 20.8 Å². The Morgan fingerprint density at radius 2 is 0.351 bits per heavy atom. The van der Waals surface area contributed by atoms with E-state index in [1.165, 1.54) is 321 Å². The number of ether oxygens (including phenoxy) is 3. The van der Waals surface area contributed by atoms with Crippen LogP contribution in [0.4, 0.5) is 0 Å². The van der Waals surface area contributed by atoms with E-state index in [1.807, 2.05) is 0 Å². The molecule has 1 unspecified atom stereocenters. The molecule has 458 valence electrons. The summed E-state index contributed by atoms with van der Waals surface area (Å²) in [6.07, 6.45) is 78.6. The molecule has 1 atom stereocenters. The van der Waals surface area contributed by atoms with Gasteiger partial charge in [-0.1, -0.05) is 380 Å². The van der Waals surface area contributed by atoms with Crippen LogP contribution in [-0.2, 0) is 28.6 Å². The lowest BCUT2D eigenvalue weighted by atomic mass is 10.0. The van der Waals surface area contributed by atoms with E-state index in [4.69, 9.17) is 14.2 Å². The Bertz CT molecular complexity index is 1160. The van der Waals surface area contributed by atoms with Gasteiger partial charge in [-0.3, -0.25) is 14.4 Å². The summed E-state index contributed by atoms with van der Waals surface area (Å²) in [5.41, 5.74) is 0. The maximum atomic E-state index is 12.9. The van der Waals surface area contributed by atoms with E-state index < -0.39 is 6.10 Å². The minimum atomic E-state index is -0.762. The molecular formula is C71H138O6. The zero-order chi connectivity index (χ0) is 55.7. The van der Waals surface area contributed by atoms with Gasteiger partial charge in [0.25, 0.3) is 0 Å². The second kappa shape index (κ2) is 66.9. The zero-order valence-electron chi connectivity index (χ0n) is 52.8. The predicted molar refractivity (Wildman–Crippen MR) is 335 cm³/mol. The summed E-state index contributed by atoms with van der Waals surface area (Å²) in [6, 6.07) is 0. The van der Waals surface area contributed by atoms with Crippen molar-refractivity contribution in [1.82, 2.24) is 0 Å². The molecular weight excluding hydrogens is 949 g/mol. The van der Waals surface area contributed by atoms with Crippen LogP contribution in [0.15, 0.2) is 0 Å². The Morgan fingerprint density at radius 3 is 0.519 bits per heavy atom. The summed E-state index contributed by atoms with van der Waals surface area (Å²) in [5.74, 6) is -0.823. The average Bonchev–Trinajstić information content (AvgIpc) is 3.43. The summed E-state index contributed by atoms with van der Waals surface area (Å²) >= 11 is 0. The summed E-state index contributed by atoms with van der Waals surface area (Å²) in [7, 11) is 0. The number of carbonyl (C=O) groups is 3. The standard InChI is InChI=1S/C71H138O6/c1-4-7-10-13-16-19-22-25-27-28-29-30-31-32-33-34-35-36-37-38-39-40-41-42-44-46-49-52-55-58-61-64-70(73)76-67-68(66-75-69(72)63-60-57-54-51-48-45-24-21-18-15-12-9-6-3)77-71(74)65-62-59-56-53-50-47-43-26-23-20-17-14-11-8-5-2/h68H,4-67H2,1-3H3. The van der Waals surface area contributed by atoms with E-state index >= 15 is 0 Å². The van der Waals surface area contributed by atoms with Crippen molar-refractivity contribution in [2.75, 3.05) is 13.2 Å². The van der Waals surface area contributed by atoms with Gasteiger partial charge in [0, 0.05) is 19.3 Å². The van der Waals surface area contributed by atoms with Crippen LogP contribution in [0.5, 0.6) is 0 Å². The third kappa shape index (κ3) is 65.1. The van der Waals surface area contributed by atoms with Gasteiger partial charge in [0.2, 0.25) is 0 Å². The number of carbonyl (C=O) groups excluding carboxylic acids is 3. The van der Waals surface area contributed by atoms with Gasteiger partial charge in [-0.15, -0.1) is 0 Å². The summed E-state index contributed by atoms with van der Waals surface area (Å²) < 4.78 is 17.0. The van der Waals surface area contributed by atoms with Crippen molar-refractivity contribution in [3.8, 4) is 0 Å². The lowest BCUT2D eigenvalue weighted by Crippen LogP contribution is -2.30. The molecule has 0 radical (unpaired) electrons. The summed E-state index contributed by atoms with van der Waals surface area (Å²) in [5, 5.41) is 0. The second-order valence-corrected chi connectivity index (χ2v) is 24.5. The number of hydrogen-bond acceptors (Lipinski definition) is 6. The predicted octanol–water partition coefficient (Wildman–Crippen LogP) is 24.2. The SMILES string of the molecule is CCCCCCCCCCCCCCCCCCCCCCCCCCCCCCCCCC(=O)OCC(COC(=O)CCCCCCCCCCCCCCC)OC(=O)CCCCCCCCCCCCCCCCC. The normalized spacial score (nSPS) is 11.9. The van der Waals surface area contributed by atoms with Crippen LogP contribution < -0.4 is 0 Å². The Balaban J connectivity index is 4.06. The number of rotatable bonds is 67. The fourth-order valence-corrected chi connectivity index (χ4v) is 11.3. The van der Waals surface area contributed by atoms with E-state index in [0.717, 1.165) is 57.8 Å².